The van der Waals surface area contributed by atoms with E-state index in [0.29, 0.717) is 19.3 Å². The molecular formula is C19H26F3NO2. The monoisotopic (exact) mass is 357 g/mol. The molecular weight excluding hydrogens is 331 g/mol. The van der Waals surface area contributed by atoms with Gasteiger partial charge in [0.2, 0.25) is 5.60 Å². The van der Waals surface area contributed by atoms with Gasteiger partial charge in [-0.15, -0.1) is 0 Å². The molecule has 0 unspecified atom stereocenters. The Morgan fingerprint density at radius 3 is 2.68 bits per heavy atom. The van der Waals surface area contributed by atoms with Crippen LogP contribution in [0.2, 0.25) is 0 Å². The van der Waals surface area contributed by atoms with E-state index in [2.05, 4.69) is 5.32 Å². The van der Waals surface area contributed by atoms with Crippen molar-refractivity contribution in [2.24, 2.45) is 5.92 Å². The van der Waals surface area contributed by atoms with Crippen LogP contribution in [0.25, 0.3) is 0 Å². The Bertz CT molecular complexity index is 547. The Morgan fingerprint density at radius 2 is 2.04 bits per heavy atom. The molecule has 0 bridgehead atoms. The number of hydrogen-bond donors (Lipinski definition) is 1. The van der Waals surface area contributed by atoms with Crippen LogP contribution in [0.3, 0.4) is 0 Å². The third-order valence-corrected chi connectivity index (χ3v) is 4.77. The zero-order valence-electron chi connectivity index (χ0n) is 14.6. The number of alkyl halides is 3. The second-order valence-electron chi connectivity index (χ2n) is 6.70. The van der Waals surface area contributed by atoms with Gasteiger partial charge in [0.05, 0.1) is 0 Å². The Morgan fingerprint density at radius 1 is 1.32 bits per heavy atom. The fourth-order valence-corrected chi connectivity index (χ4v) is 3.33. The number of benzene rings is 1. The summed E-state index contributed by atoms with van der Waals surface area (Å²) in [7, 11) is 0. The van der Waals surface area contributed by atoms with Gasteiger partial charge >= 0.3 is 6.18 Å². The molecule has 1 aromatic carbocycles. The summed E-state index contributed by atoms with van der Waals surface area (Å²) < 4.78 is 46.8. The highest BCUT2D eigenvalue weighted by Crippen LogP contribution is 2.43. The molecule has 1 aliphatic rings. The molecule has 0 aliphatic carbocycles. The van der Waals surface area contributed by atoms with Crippen LogP contribution in [0.1, 0.15) is 51.0 Å². The molecule has 1 N–H and O–H groups in total. The smallest absolute Gasteiger partial charge is 0.357 e. The highest BCUT2D eigenvalue weighted by molar-refractivity contribution is 5.86. The lowest BCUT2D eigenvalue weighted by Crippen LogP contribution is -2.59. The highest BCUT2D eigenvalue weighted by Gasteiger charge is 2.62. The van der Waals surface area contributed by atoms with Crippen LogP contribution in [-0.4, -0.2) is 24.3 Å². The van der Waals surface area contributed by atoms with E-state index in [0.717, 1.165) is 18.4 Å². The van der Waals surface area contributed by atoms with Crippen LogP contribution in [0.15, 0.2) is 30.3 Å². The second kappa shape index (κ2) is 8.70. The van der Waals surface area contributed by atoms with Gasteiger partial charge in [-0.25, -0.2) is 0 Å². The molecule has 25 heavy (non-hydrogen) atoms. The number of amides is 1. The number of carbonyl (C=O) groups excluding carboxylic acids is 1. The van der Waals surface area contributed by atoms with Crippen LogP contribution < -0.4 is 5.32 Å². The molecule has 1 amide bonds. The molecule has 3 nitrogen and oxygen atoms in total. The summed E-state index contributed by atoms with van der Waals surface area (Å²) in [4.78, 5) is 12.6. The zero-order chi connectivity index (χ0) is 18.3. The fourth-order valence-electron chi connectivity index (χ4n) is 3.33. The van der Waals surface area contributed by atoms with Crippen LogP contribution in [0.5, 0.6) is 0 Å². The Labute approximate surface area is 146 Å². The summed E-state index contributed by atoms with van der Waals surface area (Å²) in [6, 6.07) is 8.90. The van der Waals surface area contributed by atoms with Gasteiger partial charge in [0.15, 0.2) is 0 Å². The summed E-state index contributed by atoms with van der Waals surface area (Å²) in [5.74, 6) is -1.22. The Balaban J connectivity index is 2.16. The predicted molar refractivity (Wildman–Crippen MR) is 89.9 cm³/mol. The fraction of sp³-hybridized carbons (Fsp3) is 0.632. The van der Waals surface area contributed by atoms with Crippen molar-refractivity contribution >= 4 is 5.91 Å². The van der Waals surface area contributed by atoms with Gasteiger partial charge in [-0.3, -0.25) is 4.79 Å². The van der Waals surface area contributed by atoms with Crippen LogP contribution >= 0.6 is 0 Å². The number of carbonyl (C=O) groups is 1. The minimum absolute atomic E-state index is 0.0408. The van der Waals surface area contributed by atoms with Crippen molar-refractivity contribution in [3.8, 4) is 0 Å². The van der Waals surface area contributed by atoms with Crippen LogP contribution in [-0.2, 0) is 16.1 Å². The molecule has 1 aliphatic heterocycles. The first-order chi connectivity index (χ1) is 11.9. The largest absolute Gasteiger partial charge is 0.426 e. The van der Waals surface area contributed by atoms with Gasteiger partial charge in [0, 0.05) is 13.2 Å². The molecule has 1 heterocycles. The third-order valence-electron chi connectivity index (χ3n) is 4.77. The number of nitrogens with one attached hydrogen (secondary N) is 1. The van der Waals surface area contributed by atoms with Crippen LogP contribution in [0.4, 0.5) is 13.2 Å². The van der Waals surface area contributed by atoms with Gasteiger partial charge in [-0.1, -0.05) is 56.5 Å². The first-order valence-corrected chi connectivity index (χ1v) is 8.92. The van der Waals surface area contributed by atoms with E-state index in [-0.39, 0.29) is 25.5 Å². The molecule has 6 heteroatoms. The standard InChI is InChI=1S/C19H26F3NO2/c1-2-3-8-15-11-7-12-25-18(13-15,19(20,21)22)17(24)23-14-16-9-5-4-6-10-16/h4-6,9-10,15H,2-3,7-8,11-14H2,1H3,(H,23,24)/t15-,18+/m1/s1. The van der Waals surface area contributed by atoms with Crippen molar-refractivity contribution in [3.63, 3.8) is 0 Å². The molecule has 2 atom stereocenters. The Kier molecular flexibility index (Phi) is 6.87. The van der Waals surface area contributed by atoms with E-state index in [1.165, 1.54) is 0 Å². The molecule has 0 spiro atoms. The first kappa shape index (κ1) is 19.8. The number of halogens is 3. The average molecular weight is 357 g/mol. The normalized spacial score (nSPS) is 24.6. The molecule has 140 valence electrons. The van der Waals surface area contributed by atoms with Crippen molar-refractivity contribution in [1.29, 1.82) is 0 Å². The van der Waals surface area contributed by atoms with E-state index in [1.807, 2.05) is 13.0 Å². The van der Waals surface area contributed by atoms with Crippen molar-refractivity contribution in [2.75, 3.05) is 6.61 Å². The van der Waals surface area contributed by atoms with Crippen molar-refractivity contribution in [1.82, 2.24) is 5.32 Å². The lowest BCUT2D eigenvalue weighted by atomic mass is 9.84. The minimum Gasteiger partial charge on any atom is -0.357 e. The van der Waals surface area contributed by atoms with Gasteiger partial charge in [-0.2, -0.15) is 13.2 Å². The quantitative estimate of drug-likeness (QED) is 0.807. The number of hydrogen-bond acceptors (Lipinski definition) is 2. The minimum atomic E-state index is -4.73. The van der Waals surface area contributed by atoms with Crippen molar-refractivity contribution in [2.45, 2.75) is 63.8 Å². The second-order valence-corrected chi connectivity index (χ2v) is 6.70. The van der Waals surface area contributed by atoms with Gasteiger partial charge in [0.25, 0.3) is 5.91 Å². The van der Waals surface area contributed by atoms with Crippen LogP contribution in [0, 0.1) is 5.92 Å². The topological polar surface area (TPSA) is 38.3 Å². The van der Waals surface area contributed by atoms with E-state index < -0.39 is 17.7 Å². The SMILES string of the molecule is CCCC[C@@H]1CCCO[C@@](C(=O)NCc2ccccc2)(C(F)(F)F)C1. The van der Waals surface area contributed by atoms with E-state index in [4.69, 9.17) is 4.74 Å². The van der Waals surface area contributed by atoms with E-state index >= 15 is 0 Å². The zero-order valence-corrected chi connectivity index (χ0v) is 14.6. The molecule has 0 saturated carbocycles. The molecule has 0 radical (unpaired) electrons. The Hall–Kier alpha value is -1.56. The van der Waals surface area contributed by atoms with Gasteiger partial charge < -0.3 is 10.1 Å². The van der Waals surface area contributed by atoms with Gasteiger partial charge in [-0.05, 0) is 30.7 Å². The molecule has 2 rings (SSSR count). The highest BCUT2D eigenvalue weighted by atomic mass is 19.4. The molecule has 0 aromatic heterocycles. The molecule has 1 aromatic rings. The summed E-state index contributed by atoms with van der Waals surface area (Å²) >= 11 is 0. The summed E-state index contributed by atoms with van der Waals surface area (Å²) in [5, 5.41) is 2.44. The average Bonchev–Trinajstić information content (AvgIpc) is 2.82. The predicted octanol–water partition coefficient (Wildman–Crippen LogP) is 4.61. The molecule has 1 fully saturated rings. The summed E-state index contributed by atoms with van der Waals surface area (Å²) in [6.07, 6.45) is -1.31. The maximum Gasteiger partial charge on any atom is 0.426 e. The maximum absolute atomic E-state index is 13.9. The lowest BCUT2D eigenvalue weighted by Gasteiger charge is -2.35. The summed E-state index contributed by atoms with van der Waals surface area (Å²) in [5.41, 5.74) is -1.99. The number of ether oxygens (including phenoxy) is 1. The van der Waals surface area contributed by atoms with E-state index in [9.17, 15) is 18.0 Å². The van der Waals surface area contributed by atoms with Crippen molar-refractivity contribution < 1.29 is 22.7 Å². The maximum atomic E-state index is 13.9. The lowest BCUT2D eigenvalue weighted by molar-refractivity contribution is -0.269. The van der Waals surface area contributed by atoms with E-state index in [1.54, 1.807) is 24.3 Å². The van der Waals surface area contributed by atoms with Crippen molar-refractivity contribution in [3.05, 3.63) is 35.9 Å². The first-order valence-electron chi connectivity index (χ1n) is 8.92. The van der Waals surface area contributed by atoms with Gasteiger partial charge in [0.1, 0.15) is 0 Å². The molecule has 1 saturated heterocycles. The third kappa shape index (κ3) is 4.97. The number of rotatable bonds is 6. The number of unbranched alkanes of at least 4 members (excludes halogenated alkanes) is 1. The summed E-state index contributed by atoms with van der Waals surface area (Å²) in [6.45, 7) is 2.03.